The van der Waals surface area contributed by atoms with E-state index in [9.17, 15) is 4.79 Å². The predicted octanol–water partition coefficient (Wildman–Crippen LogP) is 5.15. The summed E-state index contributed by atoms with van der Waals surface area (Å²) in [5.41, 5.74) is 11.9. The zero-order valence-electron chi connectivity index (χ0n) is 21.0. The molecule has 186 valence electrons. The number of aromatic nitrogens is 2. The Balaban J connectivity index is 1.29. The third kappa shape index (κ3) is 4.79. The van der Waals surface area contributed by atoms with Gasteiger partial charge in [0.05, 0.1) is 11.4 Å². The lowest BCUT2D eigenvalue weighted by Gasteiger charge is -2.39. The number of carbonyl (C=O) groups excluding carboxylic acids is 1. The van der Waals surface area contributed by atoms with Gasteiger partial charge in [0.25, 0.3) is 0 Å². The smallest absolute Gasteiger partial charge is 0.248 e. The van der Waals surface area contributed by atoms with Gasteiger partial charge in [-0.25, -0.2) is 4.98 Å². The minimum absolute atomic E-state index is 0.427. The lowest BCUT2D eigenvalue weighted by Crippen LogP contribution is -2.50. The van der Waals surface area contributed by atoms with Crippen molar-refractivity contribution < 1.29 is 4.79 Å². The molecule has 1 saturated heterocycles. The first kappa shape index (κ1) is 23.9. The van der Waals surface area contributed by atoms with Crippen LogP contribution in [0.3, 0.4) is 0 Å². The van der Waals surface area contributed by atoms with Crippen LogP contribution in [0.2, 0.25) is 0 Å². The Hall–Kier alpha value is -3.84. The van der Waals surface area contributed by atoms with Gasteiger partial charge >= 0.3 is 0 Å². The van der Waals surface area contributed by atoms with Crippen molar-refractivity contribution in [3.05, 3.63) is 78.6 Å². The molecule has 0 radical (unpaired) electrons. The number of imidazole rings is 1. The number of nitrogens with one attached hydrogen (secondary N) is 1. The van der Waals surface area contributed by atoms with E-state index in [2.05, 4.69) is 68.7 Å². The Labute approximate surface area is 212 Å². The van der Waals surface area contributed by atoms with Crippen LogP contribution >= 0.6 is 0 Å². The molecule has 1 aliphatic rings. The van der Waals surface area contributed by atoms with Gasteiger partial charge < -0.3 is 16.0 Å². The van der Waals surface area contributed by atoms with E-state index >= 15 is 0 Å². The maximum absolute atomic E-state index is 11.4. The van der Waals surface area contributed by atoms with Gasteiger partial charge in [0.15, 0.2) is 5.65 Å². The molecule has 3 N–H and O–H groups in total. The average Bonchev–Trinajstić information content (AvgIpc) is 3.41. The molecule has 2 aromatic heterocycles. The van der Waals surface area contributed by atoms with E-state index in [0.717, 1.165) is 54.5 Å². The van der Waals surface area contributed by atoms with E-state index in [1.54, 1.807) is 18.3 Å². The molecular formula is C29H34N6O. The predicted molar refractivity (Wildman–Crippen MR) is 147 cm³/mol. The average molecular weight is 483 g/mol. The van der Waals surface area contributed by atoms with Crippen molar-refractivity contribution in [3.8, 4) is 11.3 Å². The fourth-order valence-corrected chi connectivity index (χ4v) is 5.21. The topological polar surface area (TPSA) is 78.9 Å². The highest BCUT2D eigenvalue weighted by molar-refractivity contribution is 5.93. The lowest BCUT2D eigenvalue weighted by molar-refractivity contribution is 0.100. The normalized spacial score (nSPS) is 14.5. The zero-order chi connectivity index (χ0) is 25.1. The monoisotopic (exact) mass is 482 g/mol. The quantitative estimate of drug-likeness (QED) is 0.363. The fraction of sp³-hybridized carbons (Fsp3) is 0.310. The summed E-state index contributed by atoms with van der Waals surface area (Å²) in [4.78, 5) is 21.1. The number of fused-ring (bicyclic) bond motifs is 1. The minimum atomic E-state index is -0.427. The molecule has 4 aromatic rings. The molecule has 1 aliphatic heterocycles. The number of rotatable bonds is 8. The van der Waals surface area contributed by atoms with Gasteiger partial charge in [-0.15, -0.1) is 0 Å². The molecule has 36 heavy (non-hydrogen) atoms. The van der Waals surface area contributed by atoms with E-state index in [1.807, 2.05) is 24.4 Å². The molecule has 0 unspecified atom stereocenters. The molecule has 0 atom stereocenters. The summed E-state index contributed by atoms with van der Waals surface area (Å²) in [6, 6.07) is 20.8. The van der Waals surface area contributed by atoms with Crippen molar-refractivity contribution in [1.82, 2.24) is 14.3 Å². The van der Waals surface area contributed by atoms with Crippen LogP contribution in [0.4, 0.5) is 17.1 Å². The highest BCUT2D eigenvalue weighted by Crippen LogP contribution is 2.29. The third-order valence-corrected chi connectivity index (χ3v) is 7.30. The first-order chi connectivity index (χ1) is 17.6. The van der Waals surface area contributed by atoms with Gasteiger partial charge in [-0.1, -0.05) is 26.0 Å². The summed E-state index contributed by atoms with van der Waals surface area (Å²) in [6.07, 6.45) is 6.20. The van der Waals surface area contributed by atoms with Crippen LogP contribution in [0.15, 0.2) is 73.1 Å². The van der Waals surface area contributed by atoms with Crippen LogP contribution < -0.4 is 16.0 Å². The van der Waals surface area contributed by atoms with Gasteiger partial charge in [-0.2, -0.15) is 0 Å². The fourth-order valence-electron chi connectivity index (χ4n) is 5.21. The largest absolute Gasteiger partial charge is 0.369 e. The summed E-state index contributed by atoms with van der Waals surface area (Å²) in [5.74, 6) is -0.427. The maximum atomic E-state index is 11.4. The van der Waals surface area contributed by atoms with Gasteiger partial charge in [0, 0.05) is 61.6 Å². The summed E-state index contributed by atoms with van der Waals surface area (Å²) in [6.45, 7) is 8.98. The van der Waals surface area contributed by atoms with Crippen molar-refractivity contribution in [1.29, 1.82) is 0 Å². The van der Waals surface area contributed by atoms with E-state index < -0.39 is 5.91 Å². The van der Waals surface area contributed by atoms with Gasteiger partial charge in [0.2, 0.25) is 5.91 Å². The number of carbonyl (C=O) groups is 1. The summed E-state index contributed by atoms with van der Waals surface area (Å²) < 4.78 is 2.05. The van der Waals surface area contributed by atoms with Crippen molar-refractivity contribution >= 4 is 28.6 Å². The van der Waals surface area contributed by atoms with Crippen molar-refractivity contribution in [2.75, 3.05) is 36.4 Å². The van der Waals surface area contributed by atoms with Crippen LogP contribution in [-0.2, 0) is 0 Å². The molecular weight excluding hydrogens is 448 g/mol. The minimum Gasteiger partial charge on any atom is -0.369 e. The Morgan fingerprint density at radius 2 is 1.64 bits per heavy atom. The van der Waals surface area contributed by atoms with Crippen LogP contribution in [-0.4, -0.2) is 52.4 Å². The van der Waals surface area contributed by atoms with Crippen molar-refractivity contribution in [3.63, 3.8) is 0 Å². The van der Waals surface area contributed by atoms with Crippen molar-refractivity contribution in [2.45, 2.75) is 32.7 Å². The molecule has 2 aromatic carbocycles. The van der Waals surface area contributed by atoms with Gasteiger partial charge in [-0.05, 0) is 66.9 Å². The van der Waals surface area contributed by atoms with Gasteiger partial charge in [0.1, 0.15) is 0 Å². The summed E-state index contributed by atoms with van der Waals surface area (Å²) in [7, 11) is 0. The zero-order valence-corrected chi connectivity index (χ0v) is 21.0. The maximum Gasteiger partial charge on any atom is 0.248 e. The Bertz CT molecular complexity index is 1320. The number of amides is 1. The van der Waals surface area contributed by atoms with Crippen LogP contribution in [0.5, 0.6) is 0 Å². The second-order valence-corrected chi connectivity index (χ2v) is 9.36. The van der Waals surface area contributed by atoms with Crippen LogP contribution in [0, 0.1) is 0 Å². The highest BCUT2D eigenvalue weighted by Gasteiger charge is 2.21. The summed E-state index contributed by atoms with van der Waals surface area (Å²) >= 11 is 0. The molecule has 5 rings (SSSR count). The standard InChI is InChI=1S/C29H34N6O/c1-3-24(4-2)33-17-19-34(20-18-33)25-11-9-23(10-12-25)32-26-13-14-27(35-16-15-31-29(26)35)21-5-7-22(8-6-21)28(30)36/h5-16,24,32H,3-4,17-20H2,1-2H3,(H2,30,36). The first-order valence-electron chi connectivity index (χ1n) is 12.8. The number of hydrogen-bond acceptors (Lipinski definition) is 5. The highest BCUT2D eigenvalue weighted by atomic mass is 16.1. The number of piperazine rings is 1. The molecule has 0 bridgehead atoms. The molecule has 0 aliphatic carbocycles. The van der Waals surface area contributed by atoms with Gasteiger partial charge in [-0.3, -0.25) is 14.1 Å². The van der Waals surface area contributed by atoms with Crippen LogP contribution in [0.25, 0.3) is 16.9 Å². The summed E-state index contributed by atoms with van der Waals surface area (Å²) in [5, 5.41) is 3.53. The Morgan fingerprint density at radius 3 is 2.28 bits per heavy atom. The number of hydrogen-bond donors (Lipinski definition) is 2. The molecule has 7 heteroatoms. The second-order valence-electron chi connectivity index (χ2n) is 9.36. The SMILES string of the molecule is CCC(CC)N1CCN(c2ccc(Nc3ccc(-c4ccc(C(N)=O)cc4)n4ccnc34)cc2)CC1. The van der Waals surface area contributed by atoms with E-state index in [-0.39, 0.29) is 0 Å². The Kier molecular flexibility index (Phi) is 6.91. The number of nitrogens with two attached hydrogens (primary N) is 1. The number of primary amides is 1. The van der Waals surface area contributed by atoms with E-state index in [0.29, 0.717) is 11.6 Å². The number of benzene rings is 2. The molecule has 1 amide bonds. The second kappa shape index (κ2) is 10.4. The number of pyridine rings is 1. The van der Waals surface area contributed by atoms with Crippen molar-refractivity contribution in [2.24, 2.45) is 5.73 Å². The Morgan fingerprint density at radius 1 is 0.944 bits per heavy atom. The number of nitrogens with zero attached hydrogens (tertiary/aromatic N) is 4. The molecule has 7 nitrogen and oxygen atoms in total. The van der Waals surface area contributed by atoms with Crippen LogP contribution in [0.1, 0.15) is 37.0 Å². The van der Waals surface area contributed by atoms with E-state index in [1.165, 1.54) is 18.5 Å². The third-order valence-electron chi connectivity index (χ3n) is 7.30. The molecule has 1 fully saturated rings. The first-order valence-corrected chi connectivity index (χ1v) is 12.8. The van der Waals surface area contributed by atoms with E-state index in [4.69, 9.17) is 5.73 Å². The lowest BCUT2D eigenvalue weighted by atomic mass is 10.1. The number of anilines is 3. The molecule has 0 spiro atoms. The molecule has 0 saturated carbocycles. The molecule has 3 heterocycles.